The van der Waals surface area contributed by atoms with Crippen LogP contribution in [0.2, 0.25) is 0 Å². The molecule has 0 fully saturated rings. The van der Waals surface area contributed by atoms with Crippen LogP contribution in [0.1, 0.15) is 39.5 Å². The lowest BCUT2D eigenvalue weighted by atomic mass is 10.2. The molecule has 0 aliphatic carbocycles. The number of carbonyl (C=O) groups is 2. The Kier molecular flexibility index (Phi) is 8.71. The van der Waals surface area contributed by atoms with E-state index >= 15 is 0 Å². The maximum atomic E-state index is 12.4. The van der Waals surface area contributed by atoms with Crippen molar-refractivity contribution in [1.29, 1.82) is 0 Å². The van der Waals surface area contributed by atoms with Gasteiger partial charge < -0.3 is 19.5 Å². The van der Waals surface area contributed by atoms with Crippen molar-refractivity contribution in [2.75, 3.05) is 26.3 Å². The molecule has 162 valence electrons. The number of sulfonamides is 1. The fourth-order valence-electron chi connectivity index (χ4n) is 2.63. The van der Waals surface area contributed by atoms with E-state index in [2.05, 4.69) is 10.0 Å². The molecular formula is C19H28N2O7S. The Bertz CT molecular complexity index is 809. The maximum absolute atomic E-state index is 12.4. The number of hydrogen-bond acceptors (Lipinski definition) is 7. The largest absolute Gasteiger partial charge is 0.486 e. The van der Waals surface area contributed by atoms with E-state index in [9.17, 15) is 18.0 Å². The first kappa shape index (κ1) is 23.0. The van der Waals surface area contributed by atoms with Crippen molar-refractivity contribution < 1.29 is 32.2 Å². The van der Waals surface area contributed by atoms with Crippen LogP contribution in [0.25, 0.3) is 0 Å². The summed E-state index contributed by atoms with van der Waals surface area (Å²) in [5.41, 5.74) is 0. The van der Waals surface area contributed by atoms with Crippen LogP contribution in [0.5, 0.6) is 11.5 Å². The van der Waals surface area contributed by atoms with Crippen molar-refractivity contribution in [3.05, 3.63) is 18.2 Å². The SMILES string of the molecule is CC(C)OC(=O)CNC(=O)CCCCCNS(=O)(=O)c1ccc2c(c1)OCCO2. The molecule has 0 saturated heterocycles. The molecule has 0 atom stereocenters. The van der Waals surface area contributed by atoms with Gasteiger partial charge in [-0.3, -0.25) is 9.59 Å². The van der Waals surface area contributed by atoms with Crippen molar-refractivity contribution in [3.8, 4) is 11.5 Å². The number of carbonyl (C=O) groups excluding carboxylic acids is 2. The fraction of sp³-hybridized carbons (Fsp3) is 0.579. The molecule has 1 aliphatic rings. The van der Waals surface area contributed by atoms with E-state index in [1.807, 2.05) is 0 Å². The second-order valence-electron chi connectivity index (χ2n) is 6.83. The highest BCUT2D eigenvalue weighted by atomic mass is 32.2. The molecule has 2 rings (SSSR count). The molecule has 10 heteroatoms. The van der Waals surface area contributed by atoms with E-state index in [0.717, 1.165) is 0 Å². The molecule has 1 aromatic rings. The van der Waals surface area contributed by atoms with Crippen LogP contribution < -0.4 is 19.5 Å². The zero-order chi connectivity index (χ0) is 21.3. The molecule has 2 N–H and O–H groups in total. The van der Waals surface area contributed by atoms with E-state index in [1.165, 1.54) is 12.1 Å². The Balaban J connectivity index is 1.63. The topological polar surface area (TPSA) is 120 Å². The van der Waals surface area contributed by atoms with Gasteiger partial charge in [0.15, 0.2) is 11.5 Å². The first-order valence-corrected chi connectivity index (χ1v) is 11.1. The third-order valence-corrected chi connectivity index (χ3v) is 5.45. The number of esters is 1. The van der Waals surface area contributed by atoms with Crippen LogP contribution in [-0.4, -0.2) is 52.7 Å². The summed E-state index contributed by atoms with van der Waals surface area (Å²) in [4.78, 5) is 23.1. The molecule has 1 amide bonds. The minimum absolute atomic E-state index is 0.120. The minimum Gasteiger partial charge on any atom is -0.486 e. The Hall–Kier alpha value is -2.33. The van der Waals surface area contributed by atoms with Crippen LogP contribution in [0.4, 0.5) is 0 Å². The Morgan fingerprint density at radius 3 is 2.55 bits per heavy atom. The van der Waals surface area contributed by atoms with Gasteiger partial charge in [0.25, 0.3) is 0 Å². The number of nitrogens with one attached hydrogen (secondary N) is 2. The molecule has 29 heavy (non-hydrogen) atoms. The van der Waals surface area contributed by atoms with Crippen molar-refractivity contribution in [2.45, 2.75) is 50.5 Å². The summed E-state index contributed by atoms with van der Waals surface area (Å²) in [7, 11) is -3.64. The lowest BCUT2D eigenvalue weighted by Crippen LogP contribution is -2.31. The average Bonchev–Trinajstić information content (AvgIpc) is 2.68. The third-order valence-electron chi connectivity index (χ3n) is 3.99. The molecule has 1 aliphatic heterocycles. The van der Waals surface area contributed by atoms with E-state index < -0.39 is 16.0 Å². The Morgan fingerprint density at radius 2 is 1.83 bits per heavy atom. The quantitative estimate of drug-likeness (QED) is 0.403. The Labute approximate surface area is 171 Å². The number of unbranched alkanes of at least 4 members (excludes halogenated alkanes) is 2. The normalized spacial score (nSPS) is 13.2. The molecule has 0 aromatic heterocycles. The number of benzene rings is 1. The molecule has 0 unspecified atom stereocenters. The summed E-state index contributed by atoms with van der Waals surface area (Å²) in [6.45, 7) is 4.42. The predicted molar refractivity (Wildman–Crippen MR) is 105 cm³/mol. The summed E-state index contributed by atoms with van der Waals surface area (Å²) >= 11 is 0. The van der Waals surface area contributed by atoms with Gasteiger partial charge in [0.2, 0.25) is 15.9 Å². The molecule has 0 saturated carbocycles. The monoisotopic (exact) mass is 428 g/mol. The highest BCUT2D eigenvalue weighted by Crippen LogP contribution is 2.32. The summed E-state index contributed by atoms with van der Waals surface area (Å²) in [5.74, 6) is 0.248. The van der Waals surface area contributed by atoms with Gasteiger partial charge in [0.1, 0.15) is 19.8 Å². The number of hydrogen-bond donors (Lipinski definition) is 2. The fourth-order valence-corrected chi connectivity index (χ4v) is 3.72. The summed E-state index contributed by atoms with van der Waals surface area (Å²) in [6, 6.07) is 4.51. The van der Waals surface area contributed by atoms with Gasteiger partial charge in [0, 0.05) is 19.0 Å². The lowest BCUT2D eigenvalue weighted by Gasteiger charge is -2.18. The van der Waals surface area contributed by atoms with Gasteiger partial charge in [-0.15, -0.1) is 0 Å². The van der Waals surface area contributed by atoms with Gasteiger partial charge in [-0.1, -0.05) is 6.42 Å². The molecule has 0 spiro atoms. The third kappa shape index (κ3) is 7.90. The van der Waals surface area contributed by atoms with E-state index in [0.29, 0.717) is 44.0 Å². The zero-order valence-corrected chi connectivity index (χ0v) is 17.5. The number of amides is 1. The van der Waals surface area contributed by atoms with Crippen LogP contribution in [0, 0.1) is 0 Å². The maximum Gasteiger partial charge on any atom is 0.325 e. The van der Waals surface area contributed by atoms with Crippen molar-refractivity contribution in [2.24, 2.45) is 0 Å². The standard InChI is InChI=1S/C19H28N2O7S/c1-14(2)28-19(23)13-20-18(22)6-4-3-5-9-21-29(24,25)15-7-8-16-17(12-15)27-11-10-26-16/h7-8,12,14,21H,3-6,9-11,13H2,1-2H3,(H,20,22). The summed E-state index contributed by atoms with van der Waals surface area (Å²) in [6.07, 6.45) is 1.91. The van der Waals surface area contributed by atoms with Crippen LogP contribution in [-0.2, 0) is 24.3 Å². The highest BCUT2D eigenvalue weighted by molar-refractivity contribution is 7.89. The second kappa shape index (κ2) is 11.0. The first-order chi connectivity index (χ1) is 13.8. The molecule has 0 bridgehead atoms. The van der Waals surface area contributed by atoms with Gasteiger partial charge in [0.05, 0.1) is 11.0 Å². The summed E-state index contributed by atoms with van der Waals surface area (Å²) < 4.78 is 43.0. The van der Waals surface area contributed by atoms with Crippen molar-refractivity contribution in [1.82, 2.24) is 10.0 Å². The van der Waals surface area contributed by atoms with Crippen molar-refractivity contribution >= 4 is 21.9 Å². The van der Waals surface area contributed by atoms with Crippen LogP contribution >= 0.6 is 0 Å². The first-order valence-electron chi connectivity index (χ1n) is 9.63. The molecule has 0 radical (unpaired) electrons. The van der Waals surface area contributed by atoms with Crippen molar-refractivity contribution in [3.63, 3.8) is 0 Å². The van der Waals surface area contributed by atoms with Gasteiger partial charge >= 0.3 is 5.97 Å². The second-order valence-corrected chi connectivity index (χ2v) is 8.60. The molecule has 9 nitrogen and oxygen atoms in total. The number of rotatable bonds is 11. The number of fused-ring (bicyclic) bond motifs is 1. The molecule has 1 aromatic carbocycles. The smallest absolute Gasteiger partial charge is 0.325 e. The van der Waals surface area contributed by atoms with E-state index in [-0.39, 0.29) is 36.4 Å². The van der Waals surface area contributed by atoms with E-state index in [4.69, 9.17) is 14.2 Å². The summed E-state index contributed by atoms with van der Waals surface area (Å²) in [5, 5.41) is 2.50. The predicted octanol–water partition coefficient (Wildman–Crippen LogP) is 1.36. The van der Waals surface area contributed by atoms with Gasteiger partial charge in [-0.25, -0.2) is 13.1 Å². The number of ether oxygens (including phenoxy) is 3. The van der Waals surface area contributed by atoms with Gasteiger partial charge in [-0.05, 0) is 38.8 Å². The van der Waals surface area contributed by atoms with Crippen LogP contribution in [0.15, 0.2) is 23.1 Å². The lowest BCUT2D eigenvalue weighted by molar-refractivity contribution is -0.147. The van der Waals surface area contributed by atoms with Crippen LogP contribution in [0.3, 0.4) is 0 Å². The van der Waals surface area contributed by atoms with Gasteiger partial charge in [-0.2, -0.15) is 0 Å². The molecular weight excluding hydrogens is 400 g/mol. The zero-order valence-electron chi connectivity index (χ0n) is 16.7. The molecule has 1 heterocycles. The Morgan fingerprint density at radius 1 is 1.10 bits per heavy atom. The minimum atomic E-state index is -3.64. The highest BCUT2D eigenvalue weighted by Gasteiger charge is 2.19. The average molecular weight is 429 g/mol. The van der Waals surface area contributed by atoms with E-state index in [1.54, 1.807) is 19.9 Å².